The zero-order valence-corrected chi connectivity index (χ0v) is 9.51. The number of carbonyl (C=O) groups is 1. The molecule has 1 aromatic heterocycles. The number of ketones is 1. The van der Waals surface area contributed by atoms with E-state index in [1.165, 1.54) is 0 Å². The van der Waals surface area contributed by atoms with Crippen molar-refractivity contribution in [3.8, 4) is 0 Å². The maximum Gasteiger partial charge on any atom is 0.161 e. The molecule has 1 rings (SSSR count). The van der Waals surface area contributed by atoms with Gasteiger partial charge in [0.2, 0.25) is 0 Å². The Morgan fingerprint density at radius 3 is 2.21 bits per heavy atom. The van der Waals surface area contributed by atoms with E-state index in [9.17, 15) is 4.79 Å². The van der Waals surface area contributed by atoms with Crippen LogP contribution in [0, 0.1) is 6.92 Å². The SMILES string of the molecule is CC(=O)c1ccc(C(C)(C)C)nc1C. The predicted molar refractivity (Wildman–Crippen MR) is 57.7 cm³/mol. The third-order valence-electron chi connectivity index (χ3n) is 2.23. The molecule has 2 nitrogen and oxygen atoms in total. The van der Waals surface area contributed by atoms with Crippen molar-refractivity contribution in [1.82, 2.24) is 4.98 Å². The fourth-order valence-corrected chi connectivity index (χ4v) is 1.35. The van der Waals surface area contributed by atoms with Crippen LogP contribution in [-0.2, 0) is 5.41 Å². The molecule has 0 bridgehead atoms. The van der Waals surface area contributed by atoms with E-state index < -0.39 is 0 Å². The average molecular weight is 191 g/mol. The van der Waals surface area contributed by atoms with E-state index in [-0.39, 0.29) is 11.2 Å². The normalized spacial score (nSPS) is 11.5. The first kappa shape index (κ1) is 10.9. The minimum atomic E-state index is 0.0417. The second kappa shape index (κ2) is 3.52. The largest absolute Gasteiger partial charge is 0.294 e. The smallest absolute Gasteiger partial charge is 0.161 e. The maximum atomic E-state index is 11.2. The lowest BCUT2D eigenvalue weighted by molar-refractivity contribution is 0.101. The summed E-state index contributed by atoms with van der Waals surface area (Å²) >= 11 is 0. The van der Waals surface area contributed by atoms with Gasteiger partial charge in [-0.1, -0.05) is 20.8 Å². The average Bonchev–Trinajstić information content (AvgIpc) is 2.01. The molecule has 0 saturated heterocycles. The van der Waals surface area contributed by atoms with Gasteiger partial charge in [-0.25, -0.2) is 0 Å². The number of Topliss-reactive ketones (excluding diaryl/α,β-unsaturated/α-hetero) is 1. The molecule has 0 fully saturated rings. The van der Waals surface area contributed by atoms with Gasteiger partial charge in [-0.3, -0.25) is 9.78 Å². The fourth-order valence-electron chi connectivity index (χ4n) is 1.35. The summed E-state index contributed by atoms with van der Waals surface area (Å²) in [5, 5.41) is 0. The quantitative estimate of drug-likeness (QED) is 0.639. The van der Waals surface area contributed by atoms with E-state index in [0.717, 1.165) is 17.0 Å². The van der Waals surface area contributed by atoms with E-state index in [4.69, 9.17) is 0 Å². The standard InChI is InChI=1S/C12H17NO/c1-8-10(9(2)14)6-7-11(13-8)12(3,4)5/h6-7H,1-5H3. The molecule has 0 unspecified atom stereocenters. The van der Waals surface area contributed by atoms with Gasteiger partial charge in [0.1, 0.15) is 0 Å². The second-order valence-corrected chi connectivity index (χ2v) is 4.64. The van der Waals surface area contributed by atoms with E-state index in [2.05, 4.69) is 25.8 Å². The Morgan fingerprint density at radius 1 is 1.29 bits per heavy atom. The first-order valence-electron chi connectivity index (χ1n) is 4.81. The van der Waals surface area contributed by atoms with E-state index >= 15 is 0 Å². The third kappa shape index (κ3) is 2.19. The first-order valence-corrected chi connectivity index (χ1v) is 4.81. The molecule has 0 aliphatic rings. The number of pyridine rings is 1. The summed E-state index contributed by atoms with van der Waals surface area (Å²) in [6, 6.07) is 3.80. The van der Waals surface area contributed by atoms with Crippen LogP contribution < -0.4 is 0 Å². The molecule has 0 spiro atoms. The monoisotopic (exact) mass is 191 g/mol. The van der Waals surface area contributed by atoms with Crippen molar-refractivity contribution in [2.75, 3.05) is 0 Å². The van der Waals surface area contributed by atoms with Crippen molar-refractivity contribution in [2.24, 2.45) is 0 Å². The summed E-state index contributed by atoms with van der Waals surface area (Å²) in [4.78, 5) is 15.6. The summed E-state index contributed by atoms with van der Waals surface area (Å²) in [5.74, 6) is 0.0791. The third-order valence-corrected chi connectivity index (χ3v) is 2.23. The molecular formula is C12H17NO. The van der Waals surface area contributed by atoms with Crippen molar-refractivity contribution in [2.45, 2.75) is 40.0 Å². The van der Waals surface area contributed by atoms with Crippen LogP contribution in [0.25, 0.3) is 0 Å². The van der Waals surface area contributed by atoms with E-state index in [1.807, 2.05) is 19.1 Å². The Bertz CT molecular complexity index is 361. The number of aromatic nitrogens is 1. The van der Waals surface area contributed by atoms with Gasteiger partial charge in [0.15, 0.2) is 5.78 Å². The van der Waals surface area contributed by atoms with Gasteiger partial charge in [-0.2, -0.15) is 0 Å². The molecule has 14 heavy (non-hydrogen) atoms. The Morgan fingerprint density at radius 2 is 1.86 bits per heavy atom. The van der Waals surface area contributed by atoms with Crippen LogP contribution >= 0.6 is 0 Å². The van der Waals surface area contributed by atoms with Gasteiger partial charge in [-0.15, -0.1) is 0 Å². The highest BCUT2D eigenvalue weighted by atomic mass is 16.1. The van der Waals surface area contributed by atoms with E-state index in [1.54, 1.807) is 6.92 Å². The Balaban J connectivity index is 3.20. The number of hydrogen-bond donors (Lipinski definition) is 0. The van der Waals surface area contributed by atoms with Crippen LogP contribution in [0.15, 0.2) is 12.1 Å². The molecule has 76 valence electrons. The van der Waals surface area contributed by atoms with Crippen molar-refractivity contribution >= 4 is 5.78 Å². The number of hydrogen-bond acceptors (Lipinski definition) is 2. The molecule has 0 saturated carbocycles. The van der Waals surface area contributed by atoms with Gasteiger partial charge in [0, 0.05) is 22.4 Å². The van der Waals surface area contributed by atoms with E-state index in [0.29, 0.717) is 0 Å². The molecular weight excluding hydrogens is 174 g/mol. The summed E-state index contributed by atoms with van der Waals surface area (Å²) in [6.07, 6.45) is 0. The summed E-state index contributed by atoms with van der Waals surface area (Å²) in [7, 11) is 0. The van der Waals surface area contributed by atoms with Crippen LogP contribution in [-0.4, -0.2) is 10.8 Å². The highest BCUT2D eigenvalue weighted by molar-refractivity contribution is 5.95. The number of aryl methyl sites for hydroxylation is 1. The molecule has 0 aromatic carbocycles. The Hall–Kier alpha value is -1.18. The Labute approximate surface area is 85.4 Å². The van der Waals surface area contributed by atoms with Gasteiger partial charge >= 0.3 is 0 Å². The summed E-state index contributed by atoms with van der Waals surface area (Å²) < 4.78 is 0. The zero-order valence-electron chi connectivity index (χ0n) is 9.51. The minimum absolute atomic E-state index is 0.0417. The molecule has 0 amide bonds. The first-order chi connectivity index (χ1) is 6.32. The van der Waals surface area contributed by atoms with Crippen LogP contribution in [0.2, 0.25) is 0 Å². The van der Waals surface area contributed by atoms with Gasteiger partial charge < -0.3 is 0 Å². The second-order valence-electron chi connectivity index (χ2n) is 4.64. The molecule has 2 heteroatoms. The highest BCUT2D eigenvalue weighted by Crippen LogP contribution is 2.21. The number of nitrogens with zero attached hydrogens (tertiary/aromatic N) is 1. The summed E-state index contributed by atoms with van der Waals surface area (Å²) in [6.45, 7) is 9.79. The fraction of sp³-hybridized carbons (Fsp3) is 0.500. The predicted octanol–water partition coefficient (Wildman–Crippen LogP) is 2.89. The lowest BCUT2D eigenvalue weighted by Crippen LogP contribution is -2.15. The molecule has 1 heterocycles. The van der Waals surface area contributed by atoms with Crippen molar-refractivity contribution in [1.29, 1.82) is 0 Å². The van der Waals surface area contributed by atoms with Crippen molar-refractivity contribution in [3.63, 3.8) is 0 Å². The van der Waals surface area contributed by atoms with Crippen LogP contribution in [0.4, 0.5) is 0 Å². The maximum absolute atomic E-state index is 11.2. The Kier molecular flexibility index (Phi) is 2.74. The number of carbonyl (C=O) groups excluding carboxylic acids is 1. The van der Waals surface area contributed by atoms with Crippen LogP contribution in [0.3, 0.4) is 0 Å². The van der Waals surface area contributed by atoms with Crippen LogP contribution in [0.1, 0.15) is 49.4 Å². The van der Waals surface area contributed by atoms with Crippen LogP contribution in [0.5, 0.6) is 0 Å². The zero-order chi connectivity index (χ0) is 10.9. The van der Waals surface area contributed by atoms with Gasteiger partial charge in [0.05, 0.1) is 0 Å². The molecule has 0 aliphatic heterocycles. The lowest BCUT2D eigenvalue weighted by Gasteiger charge is -2.18. The lowest BCUT2D eigenvalue weighted by atomic mass is 9.91. The molecule has 1 aromatic rings. The van der Waals surface area contributed by atoms with Crippen molar-refractivity contribution < 1.29 is 4.79 Å². The molecule has 0 N–H and O–H groups in total. The van der Waals surface area contributed by atoms with Crippen molar-refractivity contribution in [3.05, 3.63) is 29.1 Å². The molecule has 0 radical (unpaired) electrons. The molecule has 0 atom stereocenters. The van der Waals surface area contributed by atoms with Gasteiger partial charge in [-0.05, 0) is 26.0 Å². The van der Waals surface area contributed by atoms with Gasteiger partial charge in [0.25, 0.3) is 0 Å². The highest BCUT2D eigenvalue weighted by Gasteiger charge is 2.16. The number of rotatable bonds is 1. The molecule has 0 aliphatic carbocycles. The topological polar surface area (TPSA) is 30.0 Å². The summed E-state index contributed by atoms with van der Waals surface area (Å²) in [5.41, 5.74) is 2.61. The minimum Gasteiger partial charge on any atom is -0.294 e.